The van der Waals surface area contributed by atoms with E-state index in [2.05, 4.69) is 17.0 Å². The molecule has 0 unspecified atom stereocenters. The zero-order valence-electron chi connectivity index (χ0n) is 12.3. The lowest BCUT2D eigenvalue weighted by Gasteiger charge is -2.00. The van der Waals surface area contributed by atoms with E-state index in [0.717, 1.165) is 0 Å². The first kappa shape index (κ1) is 18.2. The van der Waals surface area contributed by atoms with Crippen LogP contribution in [-0.2, 0) is 0 Å². The molecule has 9 heteroatoms. The molecular weight excluding hydrogens is 366 g/mol. The van der Waals surface area contributed by atoms with Gasteiger partial charge in [-0.25, -0.2) is 0 Å². The third-order valence-electron chi connectivity index (χ3n) is 2.81. The number of aromatic nitrogens is 1. The Bertz CT molecular complexity index is 810. The Hall–Kier alpha value is -2.15. The fraction of sp³-hybridized carbons (Fsp3) is 0.133. The molecule has 0 saturated heterocycles. The van der Waals surface area contributed by atoms with E-state index in [1.807, 2.05) is 0 Å². The fourth-order valence-electron chi connectivity index (χ4n) is 1.67. The summed E-state index contributed by atoms with van der Waals surface area (Å²) in [7, 11) is 0. The minimum atomic E-state index is -0.512. The highest BCUT2D eigenvalue weighted by Gasteiger charge is 2.16. The number of nitrogens with zero attached hydrogens (tertiary/aromatic N) is 3. The third-order valence-corrected chi connectivity index (χ3v) is 5.99. The average molecular weight is 377 g/mol. The van der Waals surface area contributed by atoms with Gasteiger partial charge in [0.05, 0.1) is 10.7 Å². The molecule has 0 atom stereocenters. The smallest absolute Gasteiger partial charge is 0.269 e. The number of hydrogen-bond donors (Lipinski definition) is 0. The van der Waals surface area contributed by atoms with Crippen LogP contribution in [-0.4, -0.2) is 26.6 Å². The van der Waals surface area contributed by atoms with Crippen LogP contribution in [0.5, 0.6) is 0 Å². The summed E-state index contributed by atoms with van der Waals surface area (Å²) in [4.78, 5) is 22.3. The third kappa shape index (κ3) is 4.44. The van der Waals surface area contributed by atoms with Crippen molar-refractivity contribution in [1.82, 2.24) is 4.37 Å². The Kier molecular flexibility index (Phi) is 6.54. The Balaban J connectivity index is 2.03. The van der Waals surface area contributed by atoms with Crippen LogP contribution in [0.25, 0.3) is 0 Å². The molecule has 0 aliphatic carbocycles. The lowest BCUT2D eigenvalue weighted by Crippen LogP contribution is -2.02. The van der Waals surface area contributed by atoms with E-state index in [0.29, 0.717) is 26.1 Å². The normalized spacial score (nSPS) is 10.1. The van der Waals surface area contributed by atoms with Crippen molar-refractivity contribution in [3.63, 3.8) is 0 Å². The van der Waals surface area contributed by atoms with Crippen LogP contribution in [0.15, 0.2) is 46.2 Å². The van der Waals surface area contributed by atoms with Crippen LogP contribution in [0, 0.1) is 21.4 Å². The van der Waals surface area contributed by atoms with Crippen LogP contribution in [0.3, 0.4) is 0 Å². The van der Waals surface area contributed by atoms with Crippen molar-refractivity contribution in [1.29, 1.82) is 5.26 Å². The zero-order chi connectivity index (χ0) is 17.5. The number of Topliss-reactive ketones (excluding diaryl/α,β-unsaturated/α-hetero) is 1. The summed E-state index contributed by atoms with van der Waals surface area (Å²) < 4.78 is 4.93. The van der Waals surface area contributed by atoms with Gasteiger partial charge in [0.25, 0.3) is 5.69 Å². The first-order valence-corrected chi connectivity index (χ1v) is 9.35. The standard InChI is InChI=1S/C15H11N3O3S3/c1-2-7-22-14-12(8-16)15(24-17-14)23-9-13(19)10-3-5-11(6-4-10)18(20)21/h2-6H,1,7,9H2. The maximum absolute atomic E-state index is 12.2. The predicted octanol–water partition coefficient (Wildman–Crippen LogP) is 4.18. The number of carbonyl (C=O) groups is 1. The quantitative estimate of drug-likeness (QED) is 0.224. The highest BCUT2D eigenvalue weighted by atomic mass is 32.2. The molecule has 0 bridgehead atoms. The van der Waals surface area contributed by atoms with Gasteiger partial charge in [-0.2, -0.15) is 9.64 Å². The second-order valence-electron chi connectivity index (χ2n) is 4.38. The SMILES string of the molecule is C=CCSc1nsc(SCC(=O)c2ccc([N+](=O)[O-])cc2)c1C#N. The van der Waals surface area contributed by atoms with Crippen molar-refractivity contribution in [2.45, 2.75) is 9.24 Å². The molecule has 1 aromatic carbocycles. The largest absolute Gasteiger partial charge is 0.293 e. The summed E-state index contributed by atoms with van der Waals surface area (Å²) >= 11 is 3.86. The molecule has 0 saturated carbocycles. The second-order valence-corrected chi connectivity index (χ2v) is 7.40. The number of benzene rings is 1. The van der Waals surface area contributed by atoms with Crippen LogP contribution >= 0.6 is 35.1 Å². The number of nitro benzene ring substituents is 1. The van der Waals surface area contributed by atoms with Crippen molar-refractivity contribution in [2.24, 2.45) is 0 Å². The van der Waals surface area contributed by atoms with Gasteiger partial charge in [-0.1, -0.05) is 17.8 Å². The molecule has 0 aliphatic rings. The topological polar surface area (TPSA) is 96.9 Å². The van der Waals surface area contributed by atoms with Crippen molar-refractivity contribution in [3.05, 3.63) is 58.2 Å². The Morgan fingerprint density at radius 2 is 2.12 bits per heavy atom. The lowest BCUT2D eigenvalue weighted by molar-refractivity contribution is -0.384. The molecule has 122 valence electrons. The molecule has 1 aromatic heterocycles. The maximum Gasteiger partial charge on any atom is 0.269 e. The van der Waals surface area contributed by atoms with Gasteiger partial charge in [-0.3, -0.25) is 14.9 Å². The van der Waals surface area contributed by atoms with Gasteiger partial charge in [0.15, 0.2) is 5.78 Å². The van der Waals surface area contributed by atoms with Crippen molar-refractivity contribution < 1.29 is 9.72 Å². The molecule has 0 radical (unpaired) electrons. The van der Waals surface area contributed by atoms with E-state index < -0.39 is 4.92 Å². The highest BCUT2D eigenvalue weighted by molar-refractivity contribution is 8.02. The number of thioether (sulfide) groups is 2. The summed E-state index contributed by atoms with van der Waals surface area (Å²) in [6, 6.07) is 7.59. The fourth-order valence-corrected chi connectivity index (χ4v) is 4.40. The molecule has 0 fully saturated rings. The van der Waals surface area contributed by atoms with E-state index >= 15 is 0 Å². The minimum absolute atomic E-state index is 0.0580. The Morgan fingerprint density at radius 1 is 1.42 bits per heavy atom. The molecule has 0 amide bonds. The van der Waals surface area contributed by atoms with E-state index in [-0.39, 0.29) is 17.2 Å². The van der Waals surface area contributed by atoms with Gasteiger partial charge in [0.1, 0.15) is 20.9 Å². The Labute approximate surface area is 150 Å². The number of carbonyl (C=O) groups excluding carboxylic acids is 1. The number of ketones is 1. The molecule has 0 spiro atoms. The average Bonchev–Trinajstić information content (AvgIpc) is 2.99. The summed E-state index contributed by atoms with van der Waals surface area (Å²) in [6.07, 6.45) is 1.73. The van der Waals surface area contributed by atoms with Gasteiger partial charge in [0, 0.05) is 23.4 Å². The van der Waals surface area contributed by atoms with Gasteiger partial charge in [-0.05, 0) is 23.7 Å². The second kappa shape index (κ2) is 8.63. The number of hydrogen-bond acceptors (Lipinski definition) is 8. The molecule has 0 N–H and O–H groups in total. The number of rotatable bonds is 8. The molecule has 2 rings (SSSR count). The molecule has 1 heterocycles. The van der Waals surface area contributed by atoms with Crippen molar-refractivity contribution >= 4 is 46.5 Å². The number of nitro groups is 1. The van der Waals surface area contributed by atoms with Crippen molar-refractivity contribution in [2.75, 3.05) is 11.5 Å². The van der Waals surface area contributed by atoms with Crippen LogP contribution in [0.1, 0.15) is 15.9 Å². The summed E-state index contributed by atoms with van der Waals surface area (Å²) in [5.41, 5.74) is 0.822. The zero-order valence-corrected chi connectivity index (χ0v) is 14.7. The van der Waals surface area contributed by atoms with Crippen LogP contribution in [0.2, 0.25) is 0 Å². The maximum atomic E-state index is 12.2. The monoisotopic (exact) mass is 377 g/mol. The van der Waals surface area contributed by atoms with Crippen molar-refractivity contribution in [3.8, 4) is 6.07 Å². The summed E-state index contributed by atoms with van der Waals surface area (Å²) in [5, 5.41) is 20.5. The van der Waals surface area contributed by atoms with Gasteiger partial charge in [0.2, 0.25) is 0 Å². The van der Waals surface area contributed by atoms with Gasteiger partial charge >= 0.3 is 0 Å². The lowest BCUT2D eigenvalue weighted by atomic mass is 10.1. The first-order chi connectivity index (χ1) is 11.6. The summed E-state index contributed by atoms with van der Waals surface area (Å²) in [6.45, 7) is 3.63. The van der Waals surface area contributed by atoms with Gasteiger partial charge < -0.3 is 0 Å². The molecule has 24 heavy (non-hydrogen) atoms. The molecule has 6 nitrogen and oxygen atoms in total. The van der Waals surface area contributed by atoms with E-state index in [9.17, 15) is 20.2 Å². The predicted molar refractivity (Wildman–Crippen MR) is 95.9 cm³/mol. The molecular formula is C15H11N3O3S3. The number of nitriles is 1. The Morgan fingerprint density at radius 3 is 2.71 bits per heavy atom. The number of non-ortho nitro benzene ring substituents is 1. The summed E-state index contributed by atoms with van der Waals surface area (Å²) in [5.74, 6) is 0.636. The van der Waals surface area contributed by atoms with E-state index in [1.165, 1.54) is 59.3 Å². The first-order valence-electron chi connectivity index (χ1n) is 6.60. The van der Waals surface area contributed by atoms with E-state index in [4.69, 9.17) is 0 Å². The van der Waals surface area contributed by atoms with E-state index in [1.54, 1.807) is 6.08 Å². The molecule has 2 aromatic rings. The van der Waals surface area contributed by atoms with Crippen LogP contribution < -0.4 is 0 Å². The highest BCUT2D eigenvalue weighted by Crippen LogP contribution is 2.34. The minimum Gasteiger partial charge on any atom is -0.293 e. The molecule has 0 aliphatic heterocycles. The van der Waals surface area contributed by atoms with Gasteiger partial charge in [-0.15, -0.1) is 18.3 Å². The van der Waals surface area contributed by atoms with Crippen LogP contribution in [0.4, 0.5) is 5.69 Å².